The first-order valence-electron chi connectivity index (χ1n) is 9.82. The van der Waals surface area contributed by atoms with Gasteiger partial charge in [0.2, 0.25) is 5.91 Å². The predicted octanol–water partition coefficient (Wildman–Crippen LogP) is 4.31. The third kappa shape index (κ3) is 6.55. The molecule has 0 spiro atoms. The summed E-state index contributed by atoms with van der Waals surface area (Å²) in [5.41, 5.74) is 1.27. The Kier molecular flexibility index (Phi) is 7.16. The lowest BCUT2D eigenvalue weighted by atomic mass is 9.93. The summed E-state index contributed by atoms with van der Waals surface area (Å²) < 4.78 is 26.1. The Morgan fingerprint density at radius 3 is 2.62 bits per heavy atom. The van der Waals surface area contributed by atoms with Crippen LogP contribution < -0.4 is 10.6 Å². The first kappa shape index (κ1) is 20.8. The highest BCUT2D eigenvalue weighted by atomic mass is 19.1. The second-order valence-electron chi connectivity index (χ2n) is 7.34. The number of piperidine rings is 1. The predicted molar refractivity (Wildman–Crippen MR) is 107 cm³/mol. The summed E-state index contributed by atoms with van der Waals surface area (Å²) in [5, 5.41) is 5.59. The fraction of sp³-hybridized carbons (Fsp3) is 0.364. The molecule has 0 bridgehead atoms. The number of anilines is 1. The molecule has 1 fully saturated rings. The molecule has 0 aliphatic carbocycles. The highest BCUT2D eigenvalue weighted by Crippen LogP contribution is 2.22. The summed E-state index contributed by atoms with van der Waals surface area (Å²) in [6, 6.07) is 11.6. The zero-order valence-electron chi connectivity index (χ0n) is 16.2. The van der Waals surface area contributed by atoms with E-state index in [9.17, 15) is 18.4 Å². The lowest BCUT2D eigenvalue weighted by Crippen LogP contribution is -2.42. The Bertz CT molecular complexity index is 842. The Hall–Kier alpha value is -2.96. The van der Waals surface area contributed by atoms with Crippen LogP contribution in [-0.4, -0.2) is 29.9 Å². The van der Waals surface area contributed by atoms with Gasteiger partial charge in [0, 0.05) is 31.7 Å². The van der Waals surface area contributed by atoms with E-state index in [4.69, 9.17) is 0 Å². The lowest BCUT2D eigenvalue weighted by Gasteiger charge is -2.32. The van der Waals surface area contributed by atoms with Gasteiger partial charge in [0.1, 0.15) is 11.6 Å². The van der Waals surface area contributed by atoms with Crippen molar-refractivity contribution in [2.45, 2.75) is 32.2 Å². The molecule has 1 heterocycles. The molecule has 0 radical (unpaired) electrons. The van der Waals surface area contributed by atoms with Crippen molar-refractivity contribution in [2.75, 3.05) is 18.4 Å². The molecule has 0 aromatic heterocycles. The van der Waals surface area contributed by atoms with Crippen molar-refractivity contribution >= 4 is 17.6 Å². The van der Waals surface area contributed by atoms with E-state index in [-0.39, 0.29) is 29.5 Å². The van der Waals surface area contributed by atoms with Crippen LogP contribution in [0, 0.1) is 17.6 Å². The Balaban J connectivity index is 1.41. The van der Waals surface area contributed by atoms with E-state index < -0.39 is 0 Å². The summed E-state index contributed by atoms with van der Waals surface area (Å²) in [7, 11) is 0. The minimum Gasteiger partial charge on any atom is -0.352 e. The Labute approximate surface area is 169 Å². The van der Waals surface area contributed by atoms with Gasteiger partial charge in [-0.1, -0.05) is 12.1 Å². The first-order chi connectivity index (χ1) is 14.0. The second-order valence-corrected chi connectivity index (χ2v) is 7.34. The van der Waals surface area contributed by atoms with Crippen LogP contribution in [0.5, 0.6) is 0 Å². The molecule has 154 valence electrons. The molecule has 1 aliphatic heterocycles. The van der Waals surface area contributed by atoms with Gasteiger partial charge in [-0.3, -0.25) is 4.79 Å². The van der Waals surface area contributed by atoms with Crippen molar-refractivity contribution in [2.24, 2.45) is 5.92 Å². The molecule has 2 aromatic rings. The number of benzene rings is 2. The van der Waals surface area contributed by atoms with Crippen LogP contribution in [0.15, 0.2) is 48.5 Å². The second kappa shape index (κ2) is 10.0. The highest BCUT2D eigenvalue weighted by Gasteiger charge is 2.24. The van der Waals surface area contributed by atoms with Crippen molar-refractivity contribution in [3.05, 3.63) is 65.7 Å². The van der Waals surface area contributed by atoms with Gasteiger partial charge in [0.05, 0.1) is 0 Å². The van der Waals surface area contributed by atoms with Crippen LogP contribution in [0.25, 0.3) is 0 Å². The van der Waals surface area contributed by atoms with Crippen molar-refractivity contribution in [3.63, 3.8) is 0 Å². The zero-order valence-corrected chi connectivity index (χ0v) is 16.2. The average Bonchev–Trinajstić information content (AvgIpc) is 2.72. The average molecular weight is 401 g/mol. The largest absolute Gasteiger partial charge is 0.352 e. The molecule has 1 atom stereocenters. The molecule has 0 saturated carbocycles. The third-order valence-corrected chi connectivity index (χ3v) is 5.06. The Morgan fingerprint density at radius 1 is 1.07 bits per heavy atom. The molecule has 3 amide bonds. The number of nitrogens with zero attached hydrogens (tertiary/aromatic N) is 1. The monoisotopic (exact) mass is 401 g/mol. The molecule has 29 heavy (non-hydrogen) atoms. The summed E-state index contributed by atoms with van der Waals surface area (Å²) in [4.78, 5) is 26.3. The van der Waals surface area contributed by atoms with Crippen molar-refractivity contribution in [1.29, 1.82) is 0 Å². The van der Waals surface area contributed by atoms with E-state index in [1.807, 2.05) is 0 Å². The topological polar surface area (TPSA) is 61.4 Å². The number of hydrogen-bond acceptors (Lipinski definition) is 2. The number of halogens is 2. The van der Waals surface area contributed by atoms with Crippen molar-refractivity contribution in [3.8, 4) is 0 Å². The van der Waals surface area contributed by atoms with E-state index in [1.165, 1.54) is 36.4 Å². The standard InChI is InChI=1S/C22H25F2N3O2/c23-18-7-9-20(10-8-18)26-22(29)27-12-2-4-16(15-27)6-11-21(28)25-14-17-3-1-5-19(24)13-17/h1,3,5,7-10,13,16H,2,4,6,11-12,14-15H2,(H,25,28)(H,26,29)/t16-/m1/s1. The number of carbonyl (C=O) groups excluding carboxylic acids is 2. The maximum atomic E-state index is 13.2. The summed E-state index contributed by atoms with van der Waals surface area (Å²) in [5.74, 6) is -0.501. The molecule has 2 aromatic carbocycles. The molecule has 3 rings (SSSR count). The van der Waals surface area contributed by atoms with E-state index in [1.54, 1.807) is 17.0 Å². The fourth-order valence-corrected chi connectivity index (χ4v) is 3.49. The zero-order chi connectivity index (χ0) is 20.6. The first-order valence-corrected chi connectivity index (χ1v) is 9.82. The number of rotatable bonds is 6. The smallest absolute Gasteiger partial charge is 0.321 e. The number of nitrogens with one attached hydrogen (secondary N) is 2. The molecule has 5 nitrogen and oxygen atoms in total. The van der Waals surface area contributed by atoms with Gasteiger partial charge in [0.25, 0.3) is 0 Å². The van der Waals surface area contributed by atoms with E-state index in [0.29, 0.717) is 38.2 Å². The molecule has 7 heteroatoms. The van der Waals surface area contributed by atoms with Crippen LogP contribution in [0.2, 0.25) is 0 Å². The summed E-state index contributed by atoms with van der Waals surface area (Å²) in [6.45, 7) is 1.55. The number of carbonyl (C=O) groups is 2. The molecular formula is C22H25F2N3O2. The van der Waals surface area contributed by atoms with Crippen LogP contribution in [0.3, 0.4) is 0 Å². The summed E-state index contributed by atoms with van der Waals surface area (Å²) in [6.07, 6.45) is 2.91. The van der Waals surface area contributed by atoms with E-state index >= 15 is 0 Å². The van der Waals surface area contributed by atoms with E-state index in [0.717, 1.165) is 18.4 Å². The maximum absolute atomic E-state index is 13.2. The van der Waals surface area contributed by atoms with Crippen molar-refractivity contribution < 1.29 is 18.4 Å². The van der Waals surface area contributed by atoms with Crippen molar-refractivity contribution in [1.82, 2.24) is 10.2 Å². The van der Waals surface area contributed by atoms with Gasteiger partial charge in [0.15, 0.2) is 0 Å². The third-order valence-electron chi connectivity index (χ3n) is 5.06. The van der Waals surface area contributed by atoms with Gasteiger partial charge in [-0.15, -0.1) is 0 Å². The van der Waals surface area contributed by atoms with Crippen LogP contribution in [0.1, 0.15) is 31.2 Å². The number of hydrogen-bond donors (Lipinski definition) is 2. The van der Waals surface area contributed by atoms with Gasteiger partial charge in [-0.05, 0) is 67.1 Å². The molecule has 1 aliphatic rings. The highest BCUT2D eigenvalue weighted by molar-refractivity contribution is 5.89. The van der Waals surface area contributed by atoms with Gasteiger partial charge in [-0.2, -0.15) is 0 Å². The number of urea groups is 1. The van der Waals surface area contributed by atoms with Gasteiger partial charge in [-0.25, -0.2) is 13.6 Å². The molecular weight excluding hydrogens is 376 g/mol. The van der Waals surface area contributed by atoms with E-state index in [2.05, 4.69) is 10.6 Å². The minimum absolute atomic E-state index is 0.0813. The van der Waals surface area contributed by atoms with Crippen LogP contribution in [0.4, 0.5) is 19.3 Å². The number of likely N-dealkylation sites (tertiary alicyclic amines) is 1. The van der Waals surface area contributed by atoms with Gasteiger partial charge >= 0.3 is 6.03 Å². The molecule has 1 saturated heterocycles. The van der Waals surface area contributed by atoms with Crippen LogP contribution >= 0.6 is 0 Å². The Morgan fingerprint density at radius 2 is 1.86 bits per heavy atom. The lowest BCUT2D eigenvalue weighted by molar-refractivity contribution is -0.121. The molecule has 0 unspecified atom stereocenters. The summed E-state index contributed by atoms with van der Waals surface area (Å²) >= 11 is 0. The van der Waals surface area contributed by atoms with Gasteiger partial charge < -0.3 is 15.5 Å². The maximum Gasteiger partial charge on any atom is 0.321 e. The SMILES string of the molecule is O=C(CC[C@H]1CCCN(C(=O)Nc2ccc(F)cc2)C1)NCc1cccc(F)c1. The minimum atomic E-state index is -0.350. The fourth-order valence-electron chi connectivity index (χ4n) is 3.49. The normalized spacial score (nSPS) is 16.3. The molecule has 2 N–H and O–H groups in total. The number of amides is 3. The quantitative estimate of drug-likeness (QED) is 0.758. The van der Waals surface area contributed by atoms with Crippen LogP contribution in [-0.2, 0) is 11.3 Å².